The van der Waals surface area contributed by atoms with Crippen LogP contribution in [0.1, 0.15) is 43.5 Å². The van der Waals surface area contributed by atoms with E-state index in [4.69, 9.17) is 16.7 Å². The molecule has 1 aliphatic rings. The van der Waals surface area contributed by atoms with E-state index in [0.29, 0.717) is 11.2 Å². The Kier molecular flexibility index (Phi) is 3.99. The van der Waals surface area contributed by atoms with Gasteiger partial charge in [-0.05, 0) is 30.4 Å². The molecule has 19 heavy (non-hydrogen) atoms. The van der Waals surface area contributed by atoms with Gasteiger partial charge in [0.15, 0.2) is 0 Å². The molecule has 1 aromatic heterocycles. The maximum atomic E-state index is 11.0. The van der Waals surface area contributed by atoms with Crippen LogP contribution in [-0.2, 0) is 0 Å². The fraction of sp³-hybridized carbons (Fsp3) is 0.571. The van der Waals surface area contributed by atoms with Crippen LogP contribution in [0.25, 0.3) is 0 Å². The van der Waals surface area contributed by atoms with Crippen LogP contribution in [0, 0.1) is 5.41 Å². The van der Waals surface area contributed by atoms with E-state index in [2.05, 4.69) is 23.7 Å². The molecule has 2 heterocycles. The zero-order valence-electron chi connectivity index (χ0n) is 11.3. The Morgan fingerprint density at radius 3 is 2.63 bits per heavy atom. The summed E-state index contributed by atoms with van der Waals surface area (Å²) in [5.74, 6) is -0.302. The van der Waals surface area contributed by atoms with Crippen LogP contribution in [0.2, 0.25) is 5.15 Å². The van der Waals surface area contributed by atoms with Gasteiger partial charge in [-0.3, -0.25) is 0 Å². The molecule has 0 aromatic carbocycles. The van der Waals surface area contributed by atoms with Crippen LogP contribution in [0.3, 0.4) is 0 Å². The molecular weight excluding hydrogens is 264 g/mol. The minimum atomic E-state index is -0.971. The lowest BCUT2D eigenvalue weighted by atomic mass is 9.78. The van der Waals surface area contributed by atoms with E-state index in [1.807, 2.05) is 0 Å². The van der Waals surface area contributed by atoms with E-state index in [0.717, 1.165) is 25.9 Å². The second-order valence-electron chi connectivity index (χ2n) is 5.49. The average Bonchev–Trinajstić information content (AvgIpc) is 2.39. The average molecular weight is 283 g/mol. The zero-order valence-corrected chi connectivity index (χ0v) is 12.1. The molecule has 0 amide bonds. The first-order valence-corrected chi connectivity index (χ1v) is 6.97. The molecule has 5 heteroatoms. The minimum absolute atomic E-state index is 0.193. The van der Waals surface area contributed by atoms with Crippen molar-refractivity contribution in [3.8, 4) is 0 Å². The summed E-state index contributed by atoms with van der Waals surface area (Å²) < 4.78 is 0. The van der Waals surface area contributed by atoms with Crippen molar-refractivity contribution in [3.05, 3.63) is 22.8 Å². The first-order chi connectivity index (χ1) is 8.93. The molecule has 104 valence electrons. The van der Waals surface area contributed by atoms with E-state index in [9.17, 15) is 4.79 Å². The molecule has 4 nitrogen and oxygen atoms in total. The van der Waals surface area contributed by atoms with Crippen LogP contribution in [0.4, 0.5) is 5.82 Å². The first-order valence-electron chi connectivity index (χ1n) is 6.59. The molecule has 0 radical (unpaired) electrons. The predicted octanol–water partition coefficient (Wildman–Crippen LogP) is 3.45. The minimum Gasteiger partial charge on any atom is -0.478 e. The summed E-state index contributed by atoms with van der Waals surface area (Å²) in [5, 5.41) is 9.28. The van der Waals surface area contributed by atoms with Crippen molar-refractivity contribution in [2.75, 3.05) is 18.0 Å². The number of piperidine rings is 1. The number of carbonyl (C=O) groups is 1. The molecule has 1 saturated heterocycles. The van der Waals surface area contributed by atoms with Crippen molar-refractivity contribution in [1.82, 2.24) is 4.98 Å². The third kappa shape index (κ3) is 3.18. The SMILES string of the molecule is CCC1(C)CCN(c2cc(C(=O)O)cc(Cl)n2)CC1. The summed E-state index contributed by atoms with van der Waals surface area (Å²) in [6, 6.07) is 2.98. The maximum absolute atomic E-state index is 11.0. The molecule has 0 spiro atoms. The van der Waals surface area contributed by atoms with Gasteiger partial charge in [-0.15, -0.1) is 0 Å². The summed E-state index contributed by atoms with van der Waals surface area (Å²) in [4.78, 5) is 17.4. The van der Waals surface area contributed by atoms with Gasteiger partial charge in [0.25, 0.3) is 0 Å². The number of hydrogen-bond donors (Lipinski definition) is 1. The number of aromatic nitrogens is 1. The topological polar surface area (TPSA) is 53.4 Å². The van der Waals surface area contributed by atoms with E-state index in [-0.39, 0.29) is 10.7 Å². The molecular formula is C14H19ClN2O2. The van der Waals surface area contributed by atoms with Crippen LogP contribution < -0.4 is 4.90 Å². The fourth-order valence-electron chi connectivity index (χ4n) is 2.40. The second kappa shape index (κ2) is 5.37. The monoisotopic (exact) mass is 282 g/mol. The molecule has 1 aliphatic heterocycles. The Morgan fingerprint density at radius 2 is 2.11 bits per heavy atom. The highest BCUT2D eigenvalue weighted by molar-refractivity contribution is 6.29. The van der Waals surface area contributed by atoms with Crippen molar-refractivity contribution < 1.29 is 9.90 Å². The van der Waals surface area contributed by atoms with Gasteiger partial charge >= 0.3 is 5.97 Å². The number of aromatic carboxylic acids is 1. The van der Waals surface area contributed by atoms with Gasteiger partial charge in [-0.2, -0.15) is 0 Å². The molecule has 0 bridgehead atoms. The number of pyridine rings is 1. The van der Waals surface area contributed by atoms with Gasteiger partial charge in [0.2, 0.25) is 0 Å². The molecule has 0 saturated carbocycles. The quantitative estimate of drug-likeness (QED) is 0.863. The highest BCUT2D eigenvalue weighted by Crippen LogP contribution is 2.35. The summed E-state index contributed by atoms with van der Waals surface area (Å²) in [5.41, 5.74) is 0.587. The number of halogens is 1. The van der Waals surface area contributed by atoms with Crippen molar-refractivity contribution in [1.29, 1.82) is 0 Å². The van der Waals surface area contributed by atoms with E-state index in [1.165, 1.54) is 12.5 Å². The molecule has 2 rings (SSSR count). The summed E-state index contributed by atoms with van der Waals surface area (Å²) in [6.45, 7) is 6.32. The number of rotatable bonds is 3. The van der Waals surface area contributed by atoms with Crippen LogP contribution in [-0.4, -0.2) is 29.1 Å². The van der Waals surface area contributed by atoms with Gasteiger partial charge in [0, 0.05) is 13.1 Å². The number of nitrogens with zero attached hydrogens (tertiary/aromatic N) is 2. The summed E-state index contributed by atoms with van der Waals surface area (Å²) in [7, 11) is 0. The van der Waals surface area contributed by atoms with Crippen LogP contribution in [0.5, 0.6) is 0 Å². The van der Waals surface area contributed by atoms with Gasteiger partial charge in [0.1, 0.15) is 11.0 Å². The van der Waals surface area contributed by atoms with Gasteiger partial charge < -0.3 is 10.0 Å². The number of carboxylic acid groups (broad SMARTS) is 1. The molecule has 1 N–H and O–H groups in total. The largest absolute Gasteiger partial charge is 0.478 e. The highest BCUT2D eigenvalue weighted by atomic mass is 35.5. The van der Waals surface area contributed by atoms with Crippen molar-refractivity contribution in [3.63, 3.8) is 0 Å². The lowest BCUT2D eigenvalue weighted by molar-refractivity contribution is 0.0696. The highest BCUT2D eigenvalue weighted by Gasteiger charge is 2.29. The van der Waals surface area contributed by atoms with E-state index >= 15 is 0 Å². The summed E-state index contributed by atoms with van der Waals surface area (Å²) >= 11 is 5.90. The van der Waals surface area contributed by atoms with Crippen LogP contribution in [0.15, 0.2) is 12.1 Å². The zero-order chi connectivity index (χ0) is 14.0. The van der Waals surface area contributed by atoms with Crippen LogP contribution >= 0.6 is 11.6 Å². The van der Waals surface area contributed by atoms with Gasteiger partial charge in [-0.1, -0.05) is 31.9 Å². The molecule has 1 aromatic rings. The molecule has 0 unspecified atom stereocenters. The first kappa shape index (κ1) is 14.1. The normalized spacial score (nSPS) is 18.4. The second-order valence-corrected chi connectivity index (χ2v) is 5.88. The van der Waals surface area contributed by atoms with Crippen molar-refractivity contribution in [2.45, 2.75) is 33.1 Å². The summed E-state index contributed by atoms with van der Waals surface area (Å²) in [6.07, 6.45) is 3.37. The Balaban J connectivity index is 2.17. The molecule has 0 atom stereocenters. The lowest BCUT2D eigenvalue weighted by Crippen LogP contribution is -2.38. The fourth-order valence-corrected chi connectivity index (χ4v) is 2.60. The third-order valence-corrected chi connectivity index (χ3v) is 4.37. The smallest absolute Gasteiger partial charge is 0.335 e. The standard InChI is InChI=1S/C14H19ClN2O2/c1-3-14(2)4-6-17(7-5-14)12-9-10(13(18)19)8-11(15)16-12/h8-9H,3-7H2,1-2H3,(H,18,19). The predicted molar refractivity (Wildman–Crippen MR) is 76.1 cm³/mol. The van der Waals surface area contributed by atoms with Crippen molar-refractivity contribution in [2.24, 2.45) is 5.41 Å². The Morgan fingerprint density at radius 1 is 1.47 bits per heavy atom. The number of carboxylic acids is 1. The number of anilines is 1. The van der Waals surface area contributed by atoms with Gasteiger partial charge in [0.05, 0.1) is 5.56 Å². The van der Waals surface area contributed by atoms with Gasteiger partial charge in [-0.25, -0.2) is 9.78 Å². The third-order valence-electron chi connectivity index (χ3n) is 4.18. The molecule has 1 fully saturated rings. The Labute approximate surface area is 118 Å². The Hall–Kier alpha value is -1.29. The maximum Gasteiger partial charge on any atom is 0.335 e. The Bertz CT molecular complexity index is 482. The van der Waals surface area contributed by atoms with Crippen molar-refractivity contribution >= 4 is 23.4 Å². The lowest BCUT2D eigenvalue weighted by Gasteiger charge is -2.39. The number of hydrogen-bond acceptors (Lipinski definition) is 3. The van der Waals surface area contributed by atoms with E-state index < -0.39 is 5.97 Å². The molecule has 0 aliphatic carbocycles. The van der Waals surface area contributed by atoms with E-state index in [1.54, 1.807) is 6.07 Å².